The molecule has 0 radical (unpaired) electrons. The number of piperidine rings is 1. The number of carbonyl (C=O) groups is 3. The Bertz CT molecular complexity index is 784. The zero-order chi connectivity index (χ0) is 20.4. The molecule has 0 bridgehead atoms. The van der Waals surface area contributed by atoms with Crippen LogP contribution in [0.15, 0.2) is 30.3 Å². The standard InChI is InChI=1S/C22H30N4O3/c1-2-22(18-10-4-3-5-11-18)20(28)26(21(29)23-22)24-19(27)15-25-13-12-16-8-6-7-9-17(16)14-25/h3-5,10-11,16-17H,2,6-9,12-15H2,1H3,(H,23,29)(H,24,27)/t16-,17+,22-/m0/s1. The number of amides is 4. The molecule has 3 atom stereocenters. The van der Waals surface area contributed by atoms with Crippen molar-refractivity contribution in [3.05, 3.63) is 35.9 Å². The average Bonchev–Trinajstić information content (AvgIpc) is 2.99. The monoisotopic (exact) mass is 398 g/mol. The van der Waals surface area contributed by atoms with Crippen molar-refractivity contribution in [3.8, 4) is 0 Å². The van der Waals surface area contributed by atoms with Crippen molar-refractivity contribution in [1.29, 1.82) is 0 Å². The smallest absolute Gasteiger partial charge is 0.318 e. The molecule has 1 aliphatic carbocycles. The first-order chi connectivity index (χ1) is 14.0. The Balaban J connectivity index is 1.39. The molecule has 1 saturated carbocycles. The van der Waals surface area contributed by atoms with Crippen LogP contribution in [-0.2, 0) is 15.1 Å². The molecule has 2 N–H and O–H groups in total. The fourth-order valence-corrected chi connectivity index (χ4v) is 5.22. The Morgan fingerprint density at radius 1 is 1.14 bits per heavy atom. The Hall–Kier alpha value is -2.41. The summed E-state index contributed by atoms with van der Waals surface area (Å²) in [6.07, 6.45) is 6.70. The zero-order valence-corrected chi connectivity index (χ0v) is 17.0. The van der Waals surface area contributed by atoms with Gasteiger partial charge in [-0.3, -0.25) is 19.9 Å². The quantitative estimate of drug-likeness (QED) is 0.746. The molecule has 0 spiro atoms. The Kier molecular flexibility index (Phi) is 5.58. The van der Waals surface area contributed by atoms with Crippen molar-refractivity contribution in [1.82, 2.24) is 20.7 Å². The van der Waals surface area contributed by atoms with E-state index in [1.807, 2.05) is 37.3 Å². The van der Waals surface area contributed by atoms with Crippen molar-refractivity contribution in [2.24, 2.45) is 11.8 Å². The van der Waals surface area contributed by atoms with Gasteiger partial charge in [-0.1, -0.05) is 56.5 Å². The van der Waals surface area contributed by atoms with Crippen molar-refractivity contribution in [2.75, 3.05) is 19.6 Å². The Morgan fingerprint density at radius 2 is 1.86 bits per heavy atom. The number of rotatable bonds is 5. The molecule has 4 amide bonds. The van der Waals surface area contributed by atoms with Crippen LogP contribution in [0.1, 0.15) is 51.0 Å². The molecular weight excluding hydrogens is 368 g/mol. The van der Waals surface area contributed by atoms with Gasteiger partial charge in [0.1, 0.15) is 5.54 Å². The summed E-state index contributed by atoms with van der Waals surface area (Å²) < 4.78 is 0. The molecule has 3 aliphatic rings. The number of likely N-dealkylation sites (tertiary alicyclic amines) is 1. The molecule has 156 valence electrons. The molecule has 7 heteroatoms. The van der Waals surface area contributed by atoms with Crippen LogP contribution >= 0.6 is 0 Å². The lowest BCUT2D eigenvalue weighted by molar-refractivity contribution is -0.140. The maximum Gasteiger partial charge on any atom is 0.344 e. The van der Waals surface area contributed by atoms with E-state index in [2.05, 4.69) is 15.6 Å². The Labute approximate surface area is 171 Å². The van der Waals surface area contributed by atoms with Crippen LogP contribution in [0.25, 0.3) is 0 Å². The summed E-state index contributed by atoms with van der Waals surface area (Å²) in [5.74, 6) is 0.719. The molecular formula is C22H30N4O3. The first kappa shape index (κ1) is 19.9. The lowest BCUT2D eigenvalue weighted by Gasteiger charge is -2.41. The molecule has 0 unspecified atom stereocenters. The molecule has 4 rings (SSSR count). The number of nitrogens with zero attached hydrogens (tertiary/aromatic N) is 2. The predicted molar refractivity (Wildman–Crippen MR) is 108 cm³/mol. The third-order valence-corrected chi connectivity index (χ3v) is 6.87. The minimum atomic E-state index is -1.13. The molecule has 3 fully saturated rings. The lowest BCUT2D eigenvalue weighted by atomic mass is 9.75. The normalized spacial score (nSPS) is 30.0. The van der Waals surface area contributed by atoms with E-state index in [0.717, 1.165) is 36.0 Å². The van der Waals surface area contributed by atoms with E-state index < -0.39 is 17.5 Å². The van der Waals surface area contributed by atoms with Crippen LogP contribution < -0.4 is 10.7 Å². The van der Waals surface area contributed by atoms with Crippen LogP contribution in [0, 0.1) is 11.8 Å². The summed E-state index contributed by atoms with van der Waals surface area (Å²) in [7, 11) is 0. The molecule has 2 saturated heterocycles. The predicted octanol–water partition coefficient (Wildman–Crippen LogP) is 2.39. The summed E-state index contributed by atoms with van der Waals surface area (Å²) in [6, 6.07) is 8.59. The highest BCUT2D eigenvalue weighted by molar-refractivity contribution is 6.08. The highest BCUT2D eigenvalue weighted by Crippen LogP contribution is 2.36. The molecule has 2 aliphatic heterocycles. The summed E-state index contributed by atoms with van der Waals surface area (Å²) in [6.45, 7) is 3.90. The van der Waals surface area contributed by atoms with Gasteiger partial charge in [0, 0.05) is 6.54 Å². The highest BCUT2D eigenvalue weighted by atomic mass is 16.2. The maximum absolute atomic E-state index is 13.1. The van der Waals surface area contributed by atoms with Gasteiger partial charge in [-0.25, -0.2) is 4.79 Å². The maximum atomic E-state index is 13.1. The van der Waals surface area contributed by atoms with Crippen molar-refractivity contribution in [3.63, 3.8) is 0 Å². The lowest BCUT2D eigenvalue weighted by Crippen LogP contribution is -2.52. The number of carbonyl (C=O) groups excluding carboxylic acids is 3. The summed E-state index contributed by atoms with van der Waals surface area (Å²) in [4.78, 5) is 40.4. The van der Waals surface area contributed by atoms with Gasteiger partial charge in [0.2, 0.25) is 0 Å². The first-order valence-corrected chi connectivity index (χ1v) is 10.8. The van der Waals surface area contributed by atoms with Gasteiger partial charge in [-0.2, -0.15) is 5.01 Å². The van der Waals surface area contributed by atoms with Crippen LogP contribution in [0.3, 0.4) is 0 Å². The first-order valence-electron chi connectivity index (χ1n) is 10.8. The molecule has 7 nitrogen and oxygen atoms in total. The summed E-state index contributed by atoms with van der Waals surface area (Å²) >= 11 is 0. The van der Waals surface area contributed by atoms with Crippen molar-refractivity contribution in [2.45, 2.75) is 51.0 Å². The largest absolute Gasteiger partial charge is 0.344 e. The van der Waals surface area contributed by atoms with Gasteiger partial charge in [0.15, 0.2) is 0 Å². The molecule has 29 heavy (non-hydrogen) atoms. The molecule has 0 aromatic heterocycles. The van der Waals surface area contributed by atoms with E-state index in [0.29, 0.717) is 12.3 Å². The van der Waals surface area contributed by atoms with Crippen molar-refractivity contribution >= 4 is 17.8 Å². The SMILES string of the molecule is CC[C@@]1(c2ccccc2)NC(=O)N(NC(=O)CN2CC[C@@H]3CCCC[C@@H]3C2)C1=O. The third kappa shape index (κ3) is 3.75. The number of urea groups is 1. The number of benzene rings is 1. The second-order valence-electron chi connectivity index (χ2n) is 8.56. The van der Waals surface area contributed by atoms with Gasteiger partial charge in [-0.05, 0) is 43.2 Å². The minimum Gasteiger partial charge on any atom is -0.318 e. The number of hydrazine groups is 1. The number of nitrogens with one attached hydrogen (secondary N) is 2. The fourth-order valence-electron chi connectivity index (χ4n) is 5.22. The summed E-state index contributed by atoms with van der Waals surface area (Å²) in [5, 5.41) is 3.64. The van der Waals surface area contributed by atoms with E-state index in [9.17, 15) is 14.4 Å². The third-order valence-electron chi connectivity index (χ3n) is 6.87. The number of hydrogen-bond donors (Lipinski definition) is 2. The Morgan fingerprint density at radius 3 is 2.59 bits per heavy atom. The van der Waals surface area contributed by atoms with E-state index >= 15 is 0 Å². The van der Waals surface area contributed by atoms with Gasteiger partial charge in [-0.15, -0.1) is 0 Å². The van der Waals surface area contributed by atoms with Crippen molar-refractivity contribution < 1.29 is 14.4 Å². The topological polar surface area (TPSA) is 81.8 Å². The highest BCUT2D eigenvalue weighted by Gasteiger charge is 2.52. The number of fused-ring (bicyclic) bond motifs is 1. The zero-order valence-electron chi connectivity index (χ0n) is 17.0. The van der Waals surface area contributed by atoms with Gasteiger partial charge in [0.05, 0.1) is 6.54 Å². The van der Waals surface area contributed by atoms with Gasteiger partial charge < -0.3 is 5.32 Å². The van der Waals surface area contributed by atoms with Crippen LogP contribution in [-0.4, -0.2) is 47.4 Å². The van der Waals surface area contributed by atoms with Gasteiger partial charge in [0.25, 0.3) is 11.8 Å². The van der Waals surface area contributed by atoms with E-state index in [1.54, 1.807) is 0 Å². The molecule has 2 heterocycles. The van der Waals surface area contributed by atoms with E-state index in [1.165, 1.54) is 25.7 Å². The molecule has 1 aromatic carbocycles. The summed E-state index contributed by atoms with van der Waals surface area (Å²) in [5.41, 5.74) is 2.13. The molecule has 1 aromatic rings. The second kappa shape index (κ2) is 8.14. The number of imide groups is 1. The average molecular weight is 399 g/mol. The minimum absolute atomic E-state index is 0.213. The fraction of sp³-hybridized carbons (Fsp3) is 0.591. The second-order valence-corrected chi connectivity index (χ2v) is 8.56. The van der Waals surface area contributed by atoms with Crippen LogP contribution in [0.5, 0.6) is 0 Å². The van der Waals surface area contributed by atoms with Crippen LogP contribution in [0.4, 0.5) is 4.79 Å². The van der Waals surface area contributed by atoms with Crippen LogP contribution in [0.2, 0.25) is 0 Å². The van der Waals surface area contributed by atoms with E-state index in [4.69, 9.17) is 0 Å². The van der Waals surface area contributed by atoms with E-state index in [-0.39, 0.29) is 12.5 Å². The van der Waals surface area contributed by atoms with Gasteiger partial charge >= 0.3 is 6.03 Å². The number of hydrogen-bond acceptors (Lipinski definition) is 4.